The molecular weight excluding hydrogens is 226 g/mol. The van der Waals surface area contributed by atoms with Crippen LogP contribution in [-0.4, -0.2) is 35.1 Å². The van der Waals surface area contributed by atoms with Gasteiger partial charge in [-0.2, -0.15) is 0 Å². The van der Waals surface area contributed by atoms with E-state index in [9.17, 15) is 9.90 Å². The third kappa shape index (κ3) is 2.91. The lowest BCUT2D eigenvalue weighted by molar-refractivity contribution is -0.132. The fraction of sp³-hybridized carbons (Fsp3) is 0.533. The summed E-state index contributed by atoms with van der Waals surface area (Å²) >= 11 is 0. The van der Waals surface area contributed by atoms with Crippen LogP contribution in [0.2, 0.25) is 0 Å². The molecule has 1 aromatic carbocycles. The number of carbonyl (C=O) groups excluding carboxylic acids is 1. The summed E-state index contributed by atoms with van der Waals surface area (Å²) in [6, 6.07) is 8.24. The Morgan fingerprint density at radius 3 is 2.94 bits per heavy atom. The van der Waals surface area contributed by atoms with E-state index in [-0.39, 0.29) is 18.6 Å². The third-order valence-electron chi connectivity index (χ3n) is 3.78. The molecule has 3 heteroatoms. The van der Waals surface area contributed by atoms with E-state index in [1.165, 1.54) is 11.1 Å². The molecule has 1 N–H and O–H groups in total. The summed E-state index contributed by atoms with van der Waals surface area (Å²) in [5.74, 6) is 0.176. The molecule has 0 aliphatic carbocycles. The second kappa shape index (κ2) is 6.01. The molecule has 0 unspecified atom stereocenters. The van der Waals surface area contributed by atoms with E-state index in [4.69, 9.17) is 0 Å². The fourth-order valence-electron chi connectivity index (χ4n) is 2.63. The van der Waals surface area contributed by atoms with Crippen molar-refractivity contribution < 1.29 is 9.90 Å². The number of aliphatic hydroxyl groups is 1. The van der Waals surface area contributed by atoms with Crippen molar-refractivity contribution in [3.8, 4) is 0 Å². The standard InChI is InChI=1S/C15H21NO2/c1-12-5-2-3-6-13(12)8-9-15(18)16-10-4-7-14(16)11-17/h2-3,5-6,14,17H,4,7-11H2,1H3/t14-/m0/s1. The van der Waals surface area contributed by atoms with Crippen molar-refractivity contribution in [3.63, 3.8) is 0 Å². The van der Waals surface area contributed by atoms with Gasteiger partial charge in [0.05, 0.1) is 12.6 Å². The molecule has 0 bridgehead atoms. The number of likely N-dealkylation sites (tertiary alicyclic amines) is 1. The Kier molecular flexibility index (Phi) is 4.37. The molecule has 0 aromatic heterocycles. The van der Waals surface area contributed by atoms with Gasteiger partial charge in [-0.15, -0.1) is 0 Å². The zero-order chi connectivity index (χ0) is 13.0. The minimum Gasteiger partial charge on any atom is -0.394 e. The Morgan fingerprint density at radius 2 is 2.22 bits per heavy atom. The van der Waals surface area contributed by atoms with Gasteiger partial charge in [0.2, 0.25) is 5.91 Å². The first-order chi connectivity index (χ1) is 8.72. The van der Waals surface area contributed by atoms with Gasteiger partial charge in [0, 0.05) is 13.0 Å². The Morgan fingerprint density at radius 1 is 1.44 bits per heavy atom. The highest BCUT2D eigenvalue weighted by Crippen LogP contribution is 2.19. The number of aryl methyl sites for hydroxylation is 2. The lowest BCUT2D eigenvalue weighted by atomic mass is 10.0. The largest absolute Gasteiger partial charge is 0.394 e. The first-order valence-corrected chi connectivity index (χ1v) is 6.67. The van der Waals surface area contributed by atoms with Crippen LogP contribution in [-0.2, 0) is 11.2 Å². The van der Waals surface area contributed by atoms with Crippen molar-refractivity contribution in [1.82, 2.24) is 4.90 Å². The molecule has 1 aromatic rings. The fourth-order valence-corrected chi connectivity index (χ4v) is 2.63. The minimum atomic E-state index is 0.0503. The summed E-state index contributed by atoms with van der Waals surface area (Å²) in [5, 5.41) is 9.22. The van der Waals surface area contributed by atoms with Gasteiger partial charge in [-0.25, -0.2) is 0 Å². The predicted molar refractivity (Wildman–Crippen MR) is 71.3 cm³/mol. The summed E-state index contributed by atoms with van der Waals surface area (Å²) < 4.78 is 0. The van der Waals surface area contributed by atoms with E-state index in [0.29, 0.717) is 6.42 Å². The van der Waals surface area contributed by atoms with E-state index >= 15 is 0 Å². The summed E-state index contributed by atoms with van der Waals surface area (Å²) in [6.07, 6.45) is 3.29. The van der Waals surface area contributed by atoms with Gasteiger partial charge in [0.1, 0.15) is 0 Å². The lowest BCUT2D eigenvalue weighted by Crippen LogP contribution is -2.37. The molecule has 1 fully saturated rings. The van der Waals surface area contributed by atoms with Crippen LogP contribution >= 0.6 is 0 Å². The average molecular weight is 247 g/mol. The first-order valence-electron chi connectivity index (χ1n) is 6.67. The molecule has 0 spiro atoms. The first kappa shape index (κ1) is 13.1. The number of rotatable bonds is 4. The second-order valence-electron chi connectivity index (χ2n) is 4.99. The van der Waals surface area contributed by atoms with E-state index in [1.54, 1.807) is 0 Å². The molecule has 0 radical (unpaired) electrons. The van der Waals surface area contributed by atoms with Crippen LogP contribution in [0.1, 0.15) is 30.4 Å². The van der Waals surface area contributed by atoms with Crippen LogP contribution < -0.4 is 0 Å². The smallest absolute Gasteiger partial charge is 0.223 e. The molecular formula is C15H21NO2. The molecule has 1 saturated heterocycles. The van der Waals surface area contributed by atoms with E-state index in [1.807, 2.05) is 17.0 Å². The number of hydrogen-bond donors (Lipinski definition) is 1. The molecule has 2 rings (SSSR count). The Hall–Kier alpha value is -1.35. The van der Waals surface area contributed by atoms with Crippen LogP contribution in [0.3, 0.4) is 0 Å². The number of benzene rings is 1. The van der Waals surface area contributed by atoms with Crippen molar-refractivity contribution >= 4 is 5.91 Å². The predicted octanol–water partition coefficient (Wildman–Crippen LogP) is 1.91. The van der Waals surface area contributed by atoms with Crippen molar-refractivity contribution in [1.29, 1.82) is 0 Å². The number of carbonyl (C=O) groups is 1. The number of amides is 1. The molecule has 0 saturated carbocycles. The zero-order valence-electron chi connectivity index (χ0n) is 10.9. The maximum absolute atomic E-state index is 12.1. The SMILES string of the molecule is Cc1ccccc1CCC(=O)N1CCC[C@H]1CO. The van der Waals surface area contributed by atoms with Crippen LogP contribution in [0.4, 0.5) is 0 Å². The molecule has 1 atom stereocenters. The van der Waals surface area contributed by atoms with Crippen molar-refractivity contribution in [2.75, 3.05) is 13.2 Å². The van der Waals surface area contributed by atoms with Gasteiger partial charge in [-0.3, -0.25) is 4.79 Å². The Bertz CT molecular complexity index is 417. The number of hydrogen-bond acceptors (Lipinski definition) is 2. The van der Waals surface area contributed by atoms with E-state index < -0.39 is 0 Å². The highest BCUT2D eigenvalue weighted by atomic mass is 16.3. The average Bonchev–Trinajstić information content (AvgIpc) is 2.86. The van der Waals surface area contributed by atoms with Crippen LogP contribution in [0.25, 0.3) is 0 Å². The van der Waals surface area contributed by atoms with Gasteiger partial charge >= 0.3 is 0 Å². The summed E-state index contributed by atoms with van der Waals surface area (Å²) in [4.78, 5) is 14.0. The lowest BCUT2D eigenvalue weighted by Gasteiger charge is -2.23. The molecule has 1 aliphatic rings. The molecule has 1 heterocycles. The van der Waals surface area contributed by atoms with Gasteiger partial charge in [0.25, 0.3) is 0 Å². The topological polar surface area (TPSA) is 40.5 Å². The maximum atomic E-state index is 12.1. The Labute approximate surface area is 108 Å². The molecule has 98 valence electrons. The van der Waals surface area contributed by atoms with Gasteiger partial charge < -0.3 is 10.0 Å². The normalized spacial score (nSPS) is 19.2. The minimum absolute atomic E-state index is 0.0503. The van der Waals surface area contributed by atoms with Gasteiger partial charge in [-0.1, -0.05) is 24.3 Å². The number of nitrogens with zero attached hydrogens (tertiary/aromatic N) is 1. The number of aliphatic hydroxyl groups excluding tert-OH is 1. The van der Waals surface area contributed by atoms with Crippen molar-refractivity contribution in [2.24, 2.45) is 0 Å². The third-order valence-corrected chi connectivity index (χ3v) is 3.78. The van der Waals surface area contributed by atoms with Gasteiger partial charge in [-0.05, 0) is 37.3 Å². The second-order valence-corrected chi connectivity index (χ2v) is 4.99. The van der Waals surface area contributed by atoms with Crippen LogP contribution in [0.5, 0.6) is 0 Å². The quantitative estimate of drug-likeness (QED) is 0.883. The molecule has 3 nitrogen and oxygen atoms in total. The molecule has 18 heavy (non-hydrogen) atoms. The Balaban J connectivity index is 1.90. The molecule has 1 aliphatic heterocycles. The van der Waals surface area contributed by atoms with Gasteiger partial charge in [0.15, 0.2) is 0 Å². The van der Waals surface area contributed by atoms with Crippen molar-refractivity contribution in [3.05, 3.63) is 35.4 Å². The van der Waals surface area contributed by atoms with Crippen LogP contribution in [0.15, 0.2) is 24.3 Å². The summed E-state index contributed by atoms with van der Waals surface area (Å²) in [6.45, 7) is 2.97. The zero-order valence-corrected chi connectivity index (χ0v) is 10.9. The van der Waals surface area contributed by atoms with Crippen molar-refractivity contribution in [2.45, 2.75) is 38.6 Å². The molecule has 1 amide bonds. The highest BCUT2D eigenvalue weighted by molar-refractivity contribution is 5.77. The summed E-state index contributed by atoms with van der Waals surface area (Å²) in [7, 11) is 0. The highest BCUT2D eigenvalue weighted by Gasteiger charge is 2.27. The maximum Gasteiger partial charge on any atom is 0.223 e. The van der Waals surface area contributed by atoms with E-state index in [0.717, 1.165) is 25.8 Å². The summed E-state index contributed by atoms with van der Waals surface area (Å²) in [5.41, 5.74) is 2.48. The van der Waals surface area contributed by atoms with Crippen LogP contribution in [0, 0.1) is 6.92 Å². The monoisotopic (exact) mass is 247 g/mol. The van der Waals surface area contributed by atoms with E-state index in [2.05, 4.69) is 19.1 Å².